The first-order valence-electron chi connectivity index (χ1n) is 6.81. The van der Waals surface area contributed by atoms with E-state index in [2.05, 4.69) is 15.1 Å². The van der Waals surface area contributed by atoms with E-state index in [0.717, 1.165) is 30.9 Å². The molecular formula is C14H13N3O3S. The van der Waals surface area contributed by atoms with E-state index in [1.165, 1.54) is 0 Å². The van der Waals surface area contributed by atoms with Crippen LogP contribution in [0.1, 0.15) is 24.6 Å². The molecule has 0 atom stereocenters. The molecule has 4 heterocycles. The Morgan fingerprint density at radius 1 is 1.19 bits per heavy atom. The zero-order valence-electron chi connectivity index (χ0n) is 11.2. The molecule has 1 aliphatic heterocycles. The van der Waals surface area contributed by atoms with Gasteiger partial charge in [-0.25, -0.2) is 4.98 Å². The van der Waals surface area contributed by atoms with Crippen molar-refractivity contribution in [3.8, 4) is 22.4 Å². The number of rotatable bonds is 3. The Balaban J connectivity index is 1.58. The van der Waals surface area contributed by atoms with Gasteiger partial charge in [-0.3, -0.25) is 0 Å². The van der Waals surface area contributed by atoms with Crippen molar-refractivity contribution in [1.29, 1.82) is 0 Å². The number of thiophene rings is 1. The summed E-state index contributed by atoms with van der Waals surface area (Å²) >= 11 is 1.60. The lowest BCUT2D eigenvalue weighted by Crippen LogP contribution is -2.15. The maximum atomic E-state index is 5.69. The summed E-state index contributed by atoms with van der Waals surface area (Å²) in [6.07, 6.45) is 3.52. The van der Waals surface area contributed by atoms with Crippen molar-refractivity contribution in [2.24, 2.45) is 0 Å². The van der Waals surface area contributed by atoms with Crippen LogP contribution in [-0.2, 0) is 4.74 Å². The molecule has 1 aliphatic rings. The van der Waals surface area contributed by atoms with Crippen molar-refractivity contribution in [3.05, 3.63) is 29.5 Å². The fourth-order valence-corrected chi connectivity index (χ4v) is 3.02. The molecule has 1 saturated heterocycles. The predicted molar refractivity (Wildman–Crippen MR) is 75.9 cm³/mol. The summed E-state index contributed by atoms with van der Waals surface area (Å²) in [7, 11) is 0. The quantitative estimate of drug-likeness (QED) is 0.738. The number of aromatic nitrogens is 3. The van der Waals surface area contributed by atoms with Gasteiger partial charge in [-0.2, -0.15) is 4.98 Å². The Morgan fingerprint density at radius 2 is 2.10 bits per heavy atom. The first kappa shape index (κ1) is 12.7. The van der Waals surface area contributed by atoms with Crippen molar-refractivity contribution in [2.45, 2.75) is 18.8 Å². The monoisotopic (exact) mass is 303 g/mol. The summed E-state index contributed by atoms with van der Waals surface area (Å²) in [6.45, 7) is 1.49. The number of hydrogen-bond acceptors (Lipinski definition) is 7. The van der Waals surface area contributed by atoms with Crippen LogP contribution in [0.25, 0.3) is 22.4 Å². The van der Waals surface area contributed by atoms with Gasteiger partial charge in [0, 0.05) is 19.1 Å². The topological polar surface area (TPSA) is 74.2 Å². The lowest BCUT2D eigenvalue weighted by molar-refractivity contribution is 0.0830. The van der Waals surface area contributed by atoms with Gasteiger partial charge in [-0.1, -0.05) is 11.2 Å². The zero-order valence-corrected chi connectivity index (χ0v) is 12.0. The molecule has 108 valence electrons. The molecule has 6 nitrogen and oxygen atoms in total. The van der Waals surface area contributed by atoms with Crippen LogP contribution in [0.3, 0.4) is 0 Å². The van der Waals surface area contributed by atoms with E-state index in [1.54, 1.807) is 17.5 Å². The first-order chi connectivity index (χ1) is 10.4. The van der Waals surface area contributed by atoms with Gasteiger partial charge in [0.05, 0.1) is 11.1 Å². The summed E-state index contributed by atoms with van der Waals surface area (Å²) < 4.78 is 16.3. The van der Waals surface area contributed by atoms with Gasteiger partial charge in [0.15, 0.2) is 11.6 Å². The molecule has 0 amide bonds. The summed E-state index contributed by atoms with van der Waals surface area (Å²) in [4.78, 5) is 9.66. The molecule has 0 radical (unpaired) electrons. The highest BCUT2D eigenvalue weighted by atomic mass is 32.1. The van der Waals surface area contributed by atoms with Crippen LogP contribution in [0.2, 0.25) is 0 Å². The van der Waals surface area contributed by atoms with Crippen LogP contribution in [0, 0.1) is 0 Å². The molecule has 0 spiro atoms. The third-order valence-electron chi connectivity index (χ3n) is 3.48. The number of hydrogen-bond donors (Lipinski definition) is 0. The van der Waals surface area contributed by atoms with E-state index in [9.17, 15) is 0 Å². The average molecular weight is 303 g/mol. The number of ether oxygens (including phenoxy) is 1. The lowest BCUT2D eigenvalue weighted by atomic mass is 10.00. The lowest BCUT2D eigenvalue weighted by Gasteiger charge is -2.18. The molecule has 0 bridgehead atoms. The third kappa shape index (κ3) is 2.50. The highest BCUT2D eigenvalue weighted by Gasteiger charge is 2.23. The van der Waals surface area contributed by atoms with Crippen molar-refractivity contribution < 1.29 is 13.7 Å². The van der Waals surface area contributed by atoms with Gasteiger partial charge < -0.3 is 13.7 Å². The molecule has 0 N–H and O–H groups in total. The van der Waals surface area contributed by atoms with Crippen molar-refractivity contribution in [3.63, 3.8) is 0 Å². The molecule has 3 aromatic heterocycles. The Kier molecular flexibility index (Phi) is 3.28. The van der Waals surface area contributed by atoms with E-state index in [-0.39, 0.29) is 0 Å². The second-order valence-electron chi connectivity index (χ2n) is 4.85. The second-order valence-corrected chi connectivity index (χ2v) is 5.80. The van der Waals surface area contributed by atoms with Crippen LogP contribution in [0.15, 0.2) is 32.6 Å². The van der Waals surface area contributed by atoms with Gasteiger partial charge in [-0.15, -0.1) is 11.3 Å². The van der Waals surface area contributed by atoms with Gasteiger partial charge in [0.25, 0.3) is 5.89 Å². The first-order valence-corrected chi connectivity index (χ1v) is 7.69. The molecule has 21 heavy (non-hydrogen) atoms. The molecule has 0 saturated carbocycles. The van der Waals surface area contributed by atoms with Gasteiger partial charge >= 0.3 is 5.89 Å². The maximum Gasteiger partial charge on any atom is 0.313 e. The molecular weight excluding hydrogens is 290 g/mol. The van der Waals surface area contributed by atoms with Gasteiger partial charge in [0.2, 0.25) is 0 Å². The van der Waals surface area contributed by atoms with Crippen LogP contribution in [-0.4, -0.2) is 28.3 Å². The van der Waals surface area contributed by atoms with Crippen LogP contribution in [0.5, 0.6) is 0 Å². The minimum atomic E-state index is 0.294. The normalized spacial score (nSPS) is 16.4. The van der Waals surface area contributed by atoms with E-state index < -0.39 is 0 Å². The Labute approximate surface area is 124 Å². The number of oxazole rings is 1. The fourth-order valence-electron chi connectivity index (χ4n) is 2.35. The maximum absolute atomic E-state index is 5.69. The van der Waals surface area contributed by atoms with E-state index >= 15 is 0 Å². The summed E-state index contributed by atoms with van der Waals surface area (Å²) in [6, 6.07) is 3.95. The Morgan fingerprint density at radius 3 is 2.90 bits per heavy atom. The SMILES string of the molecule is c1csc(-c2cnc(-c3nc(C4CCOCC4)no3)o2)c1. The highest BCUT2D eigenvalue weighted by Crippen LogP contribution is 2.30. The minimum Gasteiger partial charge on any atom is -0.431 e. The van der Waals surface area contributed by atoms with E-state index in [4.69, 9.17) is 13.7 Å². The van der Waals surface area contributed by atoms with Crippen molar-refractivity contribution in [2.75, 3.05) is 13.2 Å². The third-order valence-corrected chi connectivity index (χ3v) is 4.37. The molecule has 1 fully saturated rings. The summed E-state index contributed by atoms with van der Waals surface area (Å²) in [5.41, 5.74) is 0. The molecule has 4 rings (SSSR count). The van der Waals surface area contributed by atoms with Crippen LogP contribution >= 0.6 is 11.3 Å². The summed E-state index contributed by atoms with van der Waals surface area (Å²) in [5.74, 6) is 2.42. The highest BCUT2D eigenvalue weighted by molar-refractivity contribution is 7.13. The number of nitrogens with zero attached hydrogens (tertiary/aromatic N) is 3. The van der Waals surface area contributed by atoms with Crippen LogP contribution < -0.4 is 0 Å². The molecule has 7 heteroatoms. The van der Waals surface area contributed by atoms with E-state index in [0.29, 0.717) is 29.3 Å². The largest absolute Gasteiger partial charge is 0.431 e. The summed E-state index contributed by atoms with van der Waals surface area (Å²) in [5, 5.41) is 6.04. The second kappa shape index (κ2) is 5.42. The Hall–Kier alpha value is -1.99. The smallest absolute Gasteiger partial charge is 0.313 e. The van der Waals surface area contributed by atoms with Gasteiger partial charge in [-0.05, 0) is 24.3 Å². The molecule has 0 aromatic carbocycles. The zero-order chi connectivity index (χ0) is 14.1. The Bertz CT molecular complexity index is 713. The van der Waals surface area contributed by atoms with Crippen molar-refractivity contribution in [1.82, 2.24) is 15.1 Å². The minimum absolute atomic E-state index is 0.294. The molecule has 0 aliphatic carbocycles. The van der Waals surface area contributed by atoms with Crippen LogP contribution in [0.4, 0.5) is 0 Å². The van der Waals surface area contributed by atoms with Gasteiger partial charge in [0.1, 0.15) is 0 Å². The molecule has 3 aromatic rings. The van der Waals surface area contributed by atoms with Crippen molar-refractivity contribution >= 4 is 11.3 Å². The standard InChI is InChI=1S/C14H13N3O3S/c1-2-11(21-7-1)10-8-15-13(19-10)14-16-12(17-20-14)9-3-5-18-6-4-9/h1-2,7-9H,3-6H2. The van der Waals surface area contributed by atoms with E-state index in [1.807, 2.05) is 17.5 Å². The average Bonchev–Trinajstić information content (AvgIpc) is 3.27. The fraction of sp³-hybridized carbons (Fsp3) is 0.357. The molecule has 0 unspecified atom stereocenters. The predicted octanol–water partition coefficient (Wildman–Crippen LogP) is 3.35.